The summed E-state index contributed by atoms with van der Waals surface area (Å²) in [4.78, 5) is 2.38. The zero-order valence-electron chi connectivity index (χ0n) is 29.4. The van der Waals surface area contributed by atoms with E-state index in [0.717, 1.165) is 49.8 Å². The van der Waals surface area contributed by atoms with Gasteiger partial charge in [0.25, 0.3) is 0 Å². The predicted octanol–water partition coefficient (Wildman–Crippen LogP) is 15.0. The molecule has 11 aromatic rings. The Morgan fingerprint density at radius 3 is 1.87 bits per heavy atom. The Bertz CT molecular complexity index is 3210. The summed E-state index contributed by atoms with van der Waals surface area (Å²) >= 11 is 0. The Morgan fingerprint density at radius 1 is 0.333 bits per heavy atom. The average Bonchev–Trinajstić information content (AvgIpc) is 3.63. The molecule has 0 saturated heterocycles. The van der Waals surface area contributed by atoms with Crippen LogP contribution >= 0.6 is 0 Å². The molecule has 10 aromatic carbocycles. The summed E-state index contributed by atoms with van der Waals surface area (Å²) in [6, 6.07) is 72.2. The van der Waals surface area contributed by atoms with Crippen molar-refractivity contribution in [3.8, 4) is 22.3 Å². The number of rotatable bonds is 5. The lowest BCUT2D eigenvalue weighted by Crippen LogP contribution is -2.10. The van der Waals surface area contributed by atoms with Crippen LogP contribution in [0.1, 0.15) is 0 Å². The molecule has 0 N–H and O–H groups in total. The van der Waals surface area contributed by atoms with Crippen molar-refractivity contribution < 1.29 is 4.42 Å². The molecule has 0 unspecified atom stereocenters. The van der Waals surface area contributed by atoms with E-state index >= 15 is 0 Å². The highest BCUT2D eigenvalue weighted by Crippen LogP contribution is 2.45. The Labute approximate surface area is 312 Å². The molecular weight excluding hydrogens is 655 g/mol. The highest BCUT2D eigenvalue weighted by Gasteiger charge is 2.20. The van der Waals surface area contributed by atoms with Gasteiger partial charge in [0.15, 0.2) is 0 Å². The van der Waals surface area contributed by atoms with Crippen molar-refractivity contribution in [2.75, 3.05) is 4.90 Å². The summed E-state index contributed by atoms with van der Waals surface area (Å²) in [5, 5.41) is 12.1. The van der Waals surface area contributed by atoms with E-state index in [2.05, 4.69) is 199 Å². The van der Waals surface area contributed by atoms with Crippen LogP contribution in [-0.2, 0) is 0 Å². The molecule has 1 heterocycles. The third-order valence-corrected chi connectivity index (χ3v) is 11.0. The van der Waals surface area contributed by atoms with Gasteiger partial charge in [0.1, 0.15) is 11.2 Å². The van der Waals surface area contributed by atoms with Gasteiger partial charge in [-0.2, -0.15) is 0 Å². The monoisotopic (exact) mass is 687 g/mol. The maximum atomic E-state index is 6.67. The molecule has 0 bridgehead atoms. The molecular formula is C52H33NO. The number of furan rings is 1. The molecule has 0 spiro atoms. The van der Waals surface area contributed by atoms with Crippen molar-refractivity contribution in [3.63, 3.8) is 0 Å². The van der Waals surface area contributed by atoms with E-state index < -0.39 is 0 Å². The predicted molar refractivity (Wildman–Crippen MR) is 229 cm³/mol. The van der Waals surface area contributed by atoms with Gasteiger partial charge in [-0.15, -0.1) is 0 Å². The summed E-state index contributed by atoms with van der Waals surface area (Å²) in [6.07, 6.45) is 0. The van der Waals surface area contributed by atoms with Gasteiger partial charge >= 0.3 is 0 Å². The molecule has 0 aliphatic heterocycles. The highest BCUT2D eigenvalue weighted by atomic mass is 16.3. The van der Waals surface area contributed by atoms with E-state index in [0.29, 0.717) is 0 Å². The second kappa shape index (κ2) is 12.2. The van der Waals surface area contributed by atoms with Crippen LogP contribution in [0, 0.1) is 0 Å². The van der Waals surface area contributed by atoms with Gasteiger partial charge in [-0.3, -0.25) is 0 Å². The molecule has 0 saturated carbocycles. The second-order valence-electron chi connectivity index (χ2n) is 14.1. The van der Waals surface area contributed by atoms with Gasteiger partial charge in [0, 0.05) is 27.5 Å². The molecule has 0 radical (unpaired) electrons. The average molecular weight is 688 g/mol. The minimum Gasteiger partial charge on any atom is -0.455 e. The third-order valence-electron chi connectivity index (χ3n) is 11.0. The second-order valence-corrected chi connectivity index (χ2v) is 14.1. The first-order chi connectivity index (χ1) is 26.8. The van der Waals surface area contributed by atoms with Gasteiger partial charge < -0.3 is 9.32 Å². The van der Waals surface area contributed by atoms with E-state index in [9.17, 15) is 0 Å². The molecule has 0 aliphatic rings. The minimum absolute atomic E-state index is 0.896. The minimum atomic E-state index is 0.896. The van der Waals surface area contributed by atoms with Crippen LogP contribution in [0.4, 0.5) is 17.1 Å². The summed E-state index contributed by atoms with van der Waals surface area (Å²) in [5.41, 5.74) is 9.77. The number of fused-ring (bicyclic) bond motifs is 10. The van der Waals surface area contributed by atoms with Crippen LogP contribution in [-0.4, -0.2) is 0 Å². The maximum Gasteiger partial charge on any atom is 0.145 e. The molecule has 0 aliphatic carbocycles. The molecule has 0 atom stereocenters. The van der Waals surface area contributed by atoms with Crippen LogP contribution in [0.15, 0.2) is 205 Å². The van der Waals surface area contributed by atoms with Crippen LogP contribution in [0.25, 0.3) is 87.3 Å². The van der Waals surface area contributed by atoms with Crippen LogP contribution in [0.3, 0.4) is 0 Å². The first-order valence-corrected chi connectivity index (χ1v) is 18.5. The molecule has 0 fully saturated rings. The smallest absolute Gasteiger partial charge is 0.145 e. The molecule has 2 heteroatoms. The summed E-state index contributed by atoms with van der Waals surface area (Å²) in [7, 11) is 0. The largest absolute Gasteiger partial charge is 0.455 e. The van der Waals surface area contributed by atoms with E-state index in [-0.39, 0.29) is 0 Å². The molecule has 2 nitrogen and oxygen atoms in total. The van der Waals surface area contributed by atoms with Gasteiger partial charge in [0.2, 0.25) is 0 Å². The van der Waals surface area contributed by atoms with E-state index in [4.69, 9.17) is 4.42 Å². The van der Waals surface area contributed by atoms with Gasteiger partial charge in [0.05, 0.1) is 5.69 Å². The Hall–Kier alpha value is -7.16. The quantitative estimate of drug-likeness (QED) is 0.168. The number of nitrogens with zero attached hydrogens (tertiary/aromatic N) is 1. The van der Waals surface area contributed by atoms with Gasteiger partial charge in [-0.1, -0.05) is 158 Å². The molecule has 1 aromatic heterocycles. The standard InChI is InChI=1S/C52H33NO/c1-2-11-34(12-3-1)39-15-8-16-41(33-39)53(48-21-9-14-37-28-32-47-45-18-6-7-22-49(45)54-52(47)51(37)48)40-29-25-36(26-30-40)42-19-10-20-46-44(42)31-27-38-24-23-35-13-4-5-17-43(35)50(38)46/h1-33H. The van der Waals surface area contributed by atoms with Crippen LogP contribution in [0.2, 0.25) is 0 Å². The summed E-state index contributed by atoms with van der Waals surface area (Å²) in [6.45, 7) is 0. The Balaban J connectivity index is 1.11. The summed E-state index contributed by atoms with van der Waals surface area (Å²) < 4.78 is 6.67. The SMILES string of the molecule is c1ccc(-c2cccc(N(c3ccc(-c4cccc5c4ccc4ccc6ccccc6c45)cc3)c3cccc4ccc5c6ccccc6oc5c34)c2)cc1. The summed E-state index contributed by atoms with van der Waals surface area (Å²) in [5.74, 6) is 0. The topological polar surface area (TPSA) is 16.4 Å². The highest BCUT2D eigenvalue weighted by molar-refractivity contribution is 6.22. The Morgan fingerprint density at radius 2 is 0.981 bits per heavy atom. The normalized spacial score (nSPS) is 11.7. The van der Waals surface area contributed by atoms with Crippen molar-refractivity contribution in [2.24, 2.45) is 0 Å². The van der Waals surface area contributed by atoms with Crippen molar-refractivity contribution in [1.82, 2.24) is 0 Å². The molecule has 0 amide bonds. The van der Waals surface area contributed by atoms with Crippen molar-refractivity contribution in [3.05, 3.63) is 200 Å². The van der Waals surface area contributed by atoms with E-state index in [1.165, 1.54) is 54.6 Å². The number of hydrogen-bond acceptors (Lipinski definition) is 2. The first kappa shape index (κ1) is 30.5. The zero-order valence-corrected chi connectivity index (χ0v) is 29.4. The lowest BCUT2D eigenvalue weighted by molar-refractivity contribution is 0.672. The number of anilines is 3. The first-order valence-electron chi connectivity index (χ1n) is 18.5. The van der Waals surface area contributed by atoms with E-state index in [1.54, 1.807) is 0 Å². The zero-order chi connectivity index (χ0) is 35.6. The Kier molecular flexibility index (Phi) is 6.90. The number of para-hydroxylation sites is 1. The number of benzene rings is 10. The van der Waals surface area contributed by atoms with Crippen molar-refractivity contribution in [1.29, 1.82) is 0 Å². The fourth-order valence-electron chi connectivity index (χ4n) is 8.51. The van der Waals surface area contributed by atoms with Crippen molar-refractivity contribution in [2.45, 2.75) is 0 Å². The third kappa shape index (κ3) is 4.81. The molecule has 11 rings (SSSR count). The lowest BCUT2D eigenvalue weighted by atomic mass is 9.92. The van der Waals surface area contributed by atoms with Crippen LogP contribution < -0.4 is 4.90 Å². The molecule has 252 valence electrons. The lowest BCUT2D eigenvalue weighted by Gasteiger charge is -2.27. The fraction of sp³-hybridized carbons (Fsp3) is 0. The van der Waals surface area contributed by atoms with E-state index in [1.807, 2.05) is 6.07 Å². The fourth-order valence-corrected chi connectivity index (χ4v) is 8.51. The van der Waals surface area contributed by atoms with Gasteiger partial charge in [-0.05, 0) is 102 Å². The van der Waals surface area contributed by atoms with Gasteiger partial charge in [-0.25, -0.2) is 0 Å². The van der Waals surface area contributed by atoms with Crippen LogP contribution in [0.5, 0.6) is 0 Å². The molecule has 54 heavy (non-hydrogen) atoms. The van der Waals surface area contributed by atoms with Crippen molar-refractivity contribution >= 4 is 82.1 Å². The number of hydrogen-bond donors (Lipinski definition) is 0. The maximum absolute atomic E-state index is 6.67.